The van der Waals surface area contributed by atoms with E-state index < -0.39 is 4.92 Å². The summed E-state index contributed by atoms with van der Waals surface area (Å²) in [7, 11) is 0. The van der Waals surface area contributed by atoms with Gasteiger partial charge in [-0.25, -0.2) is 19.9 Å². The molecule has 3 heterocycles. The third-order valence-electron chi connectivity index (χ3n) is 4.55. The number of anilines is 2. The molecule has 0 aliphatic heterocycles. The van der Waals surface area contributed by atoms with Crippen LogP contribution in [0.4, 0.5) is 17.5 Å². The fraction of sp³-hybridized carbons (Fsp3) is 0.143. The van der Waals surface area contributed by atoms with E-state index in [9.17, 15) is 10.1 Å². The van der Waals surface area contributed by atoms with Crippen LogP contribution in [0.3, 0.4) is 0 Å². The van der Waals surface area contributed by atoms with Crippen molar-refractivity contribution in [1.29, 1.82) is 0 Å². The number of hydrogen-bond donors (Lipinski definition) is 2. The van der Waals surface area contributed by atoms with Crippen molar-refractivity contribution in [3.05, 3.63) is 83.2 Å². The molecule has 0 saturated carbocycles. The van der Waals surface area contributed by atoms with E-state index >= 15 is 0 Å². The van der Waals surface area contributed by atoms with E-state index in [1.54, 1.807) is 24.8 Å². The summed E-state index contributed by atoms with van der Waals surface area (Å²) in [5.41, 5.74) is 3.73. The highest BCUT2D eigenvalue weighted by Gasteiger charge is 2.11. The molecule has 0 unspecified atom stereocenters. The molecule has 0 spiro atoms. The van der Waals surface area contributed by atoms with Crippen LogP contribution >= 0.6 is 0 Å². The van der Waals surface area contributed by atoms with Gasteiger partial charge in [-0.05, 0) is 13.0 Å². The molecule has 0 radical (unpaired) electrons. The summed E-state index contributed by atoms with van der Waals surface area (Å²) in [6, 6.07) is 11.1. The Kier molecular flexibility index (Phi) is 5.79. The maximum absolute atomic E-state index is 10.7. The average Bonchev–Trinajstić information content (AvgIpc) is 3.32. The van der Waals surface area contributed by atoms with E-state index in [4.69, 9.17) is 4.98 Å². The van der Waals surface area contributed by atoms with Gasteiger partial charge in [-0.2, -0.15) is 0 Å². The first-order valence-electron chi connectivity index (χ1n) is 9.61. The molecule has 0 saturated heterocycles. The van der Waals surface area contributed by atoms with Crippen LogP contribution in [-0.4, -0.2) is 42.5 Å². The number of benzene rings is 1. The van der Waals surface area contributed by atoms with Gasteiger partial charge < -0.3 is 15.2 Å². The monoisotopic (exact) mass is 416 g/mol. The van der Waals surface area contributed by atoms with Gasteiger partial charge in [0.25, 0.3) is 5.69 Å². The summed E-state index contributed by atoms with van der Waals surface area (Å²) in [4.78, 5) is 27.5. The molecule has 156 valence electrons. The Bertz CT molecular complexity index is 1160. The maximum Gasteiger partial charge on any atom is 0.287 e. The Morgan fingerprint density at radius 1 is 1.03 bits per heavy atom. The van der Waals surface area contributed by atoms with Crippen molar-refractivity contribution in [2.45, 2.75) is 6.92 Å². The van der Waals surface area contributed by atoms with Crippen LogP contribution in [0.1, 0.15) is 5.56 Å². The molecular formula is C21H20N8O2. The first-order chi connectivity index (χ1) is 15.1. The molecule has 0 atom stereocenters. The van der Waals surface area contributed by atoms with Gasteiger partial charge in [-0.15, -0.1) is 0 Å². The van der Waals surface area contributed by atoms with Crippen molar-refractivity contribution in [3.63, 3.8) is 0 Å². The highest BCUT2D eigenvalue weighted by atomic mass is 16.6. The molecule has 31 heavy (non-hydrogen) atoms. The van der Waals surface area contributed by atoms with Crippen molar-refractivity contribution in [3.8, 4) is 16.9 Å². The molecule has 0 amide bonds. The standard InChI is InChI=1S/C21H20N8O2/c1-15-2-4-16(5-3-15)20-18(28-11-10-22-14-28)13-26-21(27-20)24-9-8-23-19-7-6-17(12-25-19)29(30)31/h2-7,10-14H,8-9H2,1H3,(H,23,25)(H,24,26,27). The number of aryl methyl sites for hydroxylation is 1. The number of hydrogen-bond acceptors (Lipinski definition) is 8. The van der Waals surface area contributed by atoms with E-state index in [-0.39, 0.29) is 5.69 Å². The topological polar surface area (TPSA) is 124 Å². The number of nitrogens with one attached hydrogen (secondary N) is 2. The molecule has 0 fully saturated rings. The second-order valence-electron chi connectivity index (χ2n) is 6.78. The van der Waals surface area contributed by atoms with Crippen LogP contribution in [0.2, 0.25) is 0 Å². The van der Waals surface area contributed by atoms with Gasteiger partial charge in [-0.1, -0.05) is 29.8 Å². The van der Waals surface area contributed by atoms with Crippen LogP contribution in [0.15, 0.2) is 67.5 Å². The Hall–Kier alpha value is -4.34. The predicted molar refractivity (Wildman–Crippen MR) is 117 cm³/mol. The van der Waals surface area contributed by atoms with Gasteiger partial charge in [0.05, 0.1) is 28.8 Å². The fourth-order valence-corrected chi connectivity index (χ4v) is 2.94. The maximum atomic E-state index is 10.7. The van der Waals surface area contributed by atoms with Crippen LogP contribution in [0.5, 0.6) is 0 Å². The molecule has 1 aromatic carbocycles. The van der Waals surface area contributed by atoms with Gasteiger partial charge in [0, 0.05) is 37.1 Å². The van der Waals surface area contributed by atoms with Gasteiger partial charge >= 0.3 is 0 Å². The van der Waals surface area contributed by atoms with E-state index in [1.165, 1.54) is 17.8 Å². The lowest BCUT2D eigenvalue weighted by Crippen LogP contribution is -2.16. The molecule has 10 nitrogen and oxygen atoms in total. The largest absolute Gasteiger partial charge is 0.368 e. The highest BCUT2D eigenvalue weighted by molar-refractivity contribution is 5.69. The lowest BCUT2D eigenvalue weighted by Gasteiger charge is -2.12. The molecule has 0 aliphatic carbocycles. The molecule has 4 rings (SSSR count). The van der Waals surface area contributed by atoms with Crippen molar-refractivity contribution in [2.24, 2.45) is 0 Å². The summed E-state index contributed by atoms with van der Waals surface area (Å²) in [5, 5.41) is 17.0. The molecule has 4 aromatic rings. The Morgan fingerprint density at radius 3 is 2.52 bits per heavy atom. The zero-order valence-electron chi connectivity index (χ0n) is 16.8. The minimum atomic E-state index is -0.477. The van der Waals surface area contributed by atoms with Crippen LogP contribution in [0, 0.1) is 17.0 Å². The van der Waals surface area contributed by atoms with Gasteiger partial charge in [0.1, 0.15) is 12.0 Å². The lowest BCUT2D eigenvalue weighted by atomic mass is 10.1. The average molecular weight is 416 g/mol. The predicted octanol–water partition coefficient (Wildman–Crippen LogP) is 3.46. The number of rotatable bonds is 8. The minimum Gasteiger partial charge on any atom is -0.368 e. The number of pyridine rings is 1. The quantitative estimate of drug-likeness (QED) is 0.254. The summed E-state index contributed by atoms with van der Waals surface area (Å²) in [5.74, 6) is 1.06. The van der Waals surface area contributed by atoms with Crippen LogP contribution < -0.4 is 10.6 Å². The van der Waals surface area contributed by atoms with Crippen molar-refractivity contribution in [1.82, 2.24) is 24.5 Å². The normalized spacial score (nSPS) is 10.6. The third kappa shape index (κ3) is 4.81. The van der Waals surface area contributed by atoms with Gasteiger partial charge in [0.15, 0.2) is 0 Å². The summed E-state index contributed by atoms with van der Waals surface area (Å²) >= 11 is 0. The molecule has 2 N–H and O–H groups in total. The summed E-state index contributed by atoms with van der Waals surface area (Å²) < 4.78 is 1.88. The molecular weight excluding hydrogens is 396 g/mol. The number of aromatic nitrogens is 5. The molecule has 0 aliphatic rings. The Labute approximate surface area is 178 Å². The number of nitro groups is 1. The first kappa shape index (κ1) is 20.0. The van der Waals surface area contributed by atoms with E-state index in [0.717, 1.165) is 16.9 Å². The van der Waals surface area contributed by atoms with E-state index in [2.05, 4.69) is 25.6 Å². The second kappa shape index (κ2) is 8.99. The fourth-order valence-electron chi connectivity index (χ4n) is 2.94. The zero-order valence-corrected chi connectivity index (χ0v) is 16.8. The van der Waals surface area contributed by atoms with Gasteiger partial charge in [-0.3, -0.25) is 10.1 Å². The molecule has 0 bridgehead atoms. The second-order valence-corrected chi connectivity index (χ2v) is 6.78. The van der Waals surface area contributed by atoms with Gasteiger partial charge in [0.2, 0.25) is 5.95 Å². The summed E-state index contributed by atoms with van der Waals surface area (Å²) in [6.07, 6.45) is 8.26. The molecule has 10 heteroatoms. The lowest BCUT2D eigenvalue weighted by molar-refractivity contribution is -0.385. The number of imidazole rings is 1. The Balaban J connectivity index is 1.45. The zero-order chi connectivity index (χ0) is 21.6. The van der Waals surface area contributed by atoms with Crippen molar-refractivity contribution < 1.29 is 4.92 Å². The first-order valence-corrected chi connectivity index (χ1v) is 9.61. The smallest absolute Gasteiger partial charge is 0.287 e. The van der Waals surface area contributed by atoms with Crippen LogP contribution in [0.25, 0.3) is 16.9 Å². The van der Waals surface area contributed by atoms with E-state index in [0.29, 0.717) is 24.9 Å². The van der Waals surface area contributed by atoms with Crippen molar-refractivity contribution in [2.75, 3.05) is 23.7 Å². The minimum absolute atomic E-state index is 0.0429. The van der Waals surface area contributed by atoms with E-state index in [1.807, 2.05) is 42.0 Å². The third-order valence-corrected chi connectivity index (χ3v) is 4.55. The highest BCUT2D eigenvalue weighted by Crippen LogP contribution is 2.25. The van der Waals surface area contributed by atoms with Crippen molar-refractivity contribution >= 4 is 17.5 Å². The van der Waals surface area contributed by atoms with Crippen LogP contribution in [-0.2, 0) is 0 Å². The molecule has 3 aromatic heterocycles. The SMILES string of the molecule is Cc1ccc(-c2nc(NCCNc3ccc([N+](=O)[O-])cn3)ncc2-n2ccnc2)cc1. The summed E-state index contributed by atoms with van der Waals surface area (Å²) in [6.45, 7) is 3.12. The Morgan fingerprint density at radius 2 is 1.84 bits per heavy atom. The number of nitrogens with zero attached hydrogens (tertiary/aromatic N) is 6.